The first-order valence-electron chi connectivity index (χ1n) is 8.61. The number of hydrogen-bond acceptors (Lipinski definition) is 3. The van der Waals surface area contributed by atoms with Crippen LogP contribution in [0.5, 0.6) is 0 Å². The highest BCUT2D eigenvalue weighted by atomic mass is 15.3. The third kappa shape index (κ3) is 4.30. The zero-order valence-corrected chi connectivity index (χ0v) is 14.2. The number of piperidine rings is 1. The second-order valence-corrected chi connectivity index (χ2v) is 6.47. The Balaban J connectivity index is 1.92. The number of nitrogens with one attached hydrogen (secondary N) is 1. The Morgan fingerprint density at radius 1 is 1.38 bits per heavy atom. The van der Waals surface area contributed by atoms with Gasteiger partial charge in [0, 0.05) is 25.3 Å². The van der Waals surface area contributed by atoms with E-state index in [-0.39, 0.29) is 0 Å². The molecule has 1 aromatic heterocycles. The van der Waals surface area contributed by atoms with Gasteiger partial charge in [-0.1, -0.05) is 13.8 Å². The lowest BCUT2D eigenvalue weighted by Gasteiger charge is -2.35. The third-order valence-corrected chi connectivity index (χ3v) is 5.07. The van der Waals surface area contributed by atoms with Crippen LogP contribution in [0.2, 0.25) is 0 Å². The molecular formula is C17H32N4. The van der Waals surface area contributed by atoms with Gasteiger partial charge in [0.2, 0.25) is 0 Å². The van der Waals surface area contributed by atoms with Gasteiger partial charge in [0.15, 0.2) is 0 Å². The Morgan fingerprint density at radius 3 is 2.81 bits per heavy atom. The second kappa shape index (κ2) is 7.95. The Kier molecular flexibility index (Phi) is 6.24. The predicted molar refractivity (Wildman–Crippen MR) is 88.4 cm³/mol. The highest BCUT2D eigenvalue weighted by molar-refractivity contribution is 5.00. The highest BCUT2D eigenvalue weighted by Gasteiger charge is 2.24. The minimum absolute atomic E-state index is 0.553. The first-order chi connectivity index (χ1) is 10.2. The van der Waals surface area contributed by atoms with Crippen LogP contribution in [-0.2, 0) is 6.54 Å². The molecular weight excluding hydrogens is 260 g/mol. The van der Waals surface area contributed by atoms with Gasteiger partial charge in [0.25, 0.3) is 0 Å². The van der Waals surface area contributed by atoms with E-state index in [2.05, 4.69) is 55.0 Å². The molecule has 1 aliphatic heterocycles. The van der Waals surface area contributed by atoms with Gasteiger partial charge in [0.1, 0.15) is 0 Å². The van der Waals surface area contributed by atoms with Gasteiger partial charge in [-0.2, -0.15) is 5.10 Å². The average molecular weight is 292 g/mol. The minimum Gasteiger partial charge on any atom is -0.317 e. The van der Waals surface area contributed by atoms with E-state index in [1.807, 2.05) is 0 Å². The molecule has 0 radical (unpaired) electrons. The van der Waals surface area contributed by atoms with Crippen molar-refractivity contribution in [1.82, 2.24) is 20.0 Å². The molecule has 0 amide bonds. The fourth-order valence-electron chi connectivity index (χ4n) is 3.44. The van der Waals surface area contributed by atoms with E-state index in [0.29, 0.717) is 12.1 Å². The molecule has 21 heavy (non-hydrogen) atoms. The van der Waals surface area contributed by atoms with E-state index in [4.69, 9.17) is 5.10 Å². The van der Waals surface area contributed by atoms with Crippen LogP contribution in [0, 0.1) is 5.92 Å². The summed E-state index contributed by atoms with van der Waals surface area (Å²) in [6, 6.07) is 3.36. The molecule has 2 unspecified atom stereocenters. The molecule has 0 spiro atoms. The van der Waals surface area contributed by atoms with E-state index in [0.717, 1.165) is 25.3 Å². The summed E-state index contributed by atoms with van der Waals surface area (Å²) in [6.07, 6.45) is 7.13. The Labute approximate surface area is 129 Å². The van der Waals surface area contributed by atoms with Crippen molar-refractivity contribution in [3.05, 3.63) is 18.0 Å². The van der Waals surface area contributed by atoms with Crippen molar-refractivity contribution in [1.29, 1.82) is 0 Å². The molecule has 0 aliphatic carbocycles. The second-order valence-electron chi connectivity index (χ2n) is 6.47. The van der Waals surface area contributed by atoms with Gasteiger partial charge in [-0.15, -0.1) is 0 Å². The van der Waals surface area contributed by atoms with Crippen LogP contribution in [0.15, 0.2) is 12.3 Å². The van der Waals surface area contributed by atoms with Crippen LogP contribution in [0.25, 0.3) is 0 Å². The number of rotatable bonds is 7. The zero-order chi connectivity index (χ0) is 15.2. The maximum Gasteiger partial charge on any atom is 0.0764 e. The summed E-state index contributed by atoms with van der Waals surface area (Å²) >= 11 is 0. The smallest absolute Gasteiger partial charge is 0.0764 e. The monoisotopic (exact) mass is 292 g/mol. The zero-order valence-electron chi connectivity index (χ0n) is 14.2. The van der Waals surface area contributed by atoms with Crippen molar-refractivity contribution in [2.75, 3.05) is 20.1 Å². The largest absolute Gasteiger partial charge is 0.317 e. The molecule has 0 saturated carbocycles. The van der Waals surface area contributed by atoms with Crippen molar-refractivity contribution in [2.24, 2.45) is 5.92 Å². The first-order valence-corrected chi connectivity index (χ1v) is 8.61. The Hall–Kier alpha value is -0.870. The Morgan fingerprint density at radius 2 is 2.14 bits per heavy atom. The molecule has 4 nitrogen and oxygen atoms in total. The standard InChI is InChI=1S/C17H32N4/c1-5-17(6-2)21-11-9-16(19-21)13-20-10-7-8-15(12-20)14(3)18-4/h9,11,14-15,17-18H,5-8,10,12-13H2,1-4H3. The molecule has 2 heterocycles. The van der Waals surface area contributed by atoms with Crippen LogP contribution >= 0.6 is 0 Å². The Bertz CT molecular complexity index is 411. The van der Waals surface area contributed by atoms with Gasteiger partial charge in [0.05, 0.1) is 11.7 Å². The predicted octanol–water partition coefficient (Wildman–Crippen LogP) is 3.06. The SMILES string of the molecule is CCC(CC)n1ccc(CN2CCCC(C(C)NC)C2)n1. The molecule has 1 aromatic rings. The van der Waals surface area contributed by atoms with Gasteiger partial charge in [-0.3, -0.25) is 9.58 Å². The summed E-state index contributed by atoms with van der Waals surface area (Å²) in [7, 11) is 2.07. The summed E-state index contributed by atoms with van der Waals surface area (Å²) < 4.78 is 2.16. The average Bonchev–Trinajstić information content (AvgIpc) is 2.96. The number of nitrogens with zero attached hydrogens (tertiary/aromatic N) is 3. The van der Waals surface area contributed by atoms with Crippen molar-refractivity contribution in [3.63, 3.8) is 0 Å². The summed E-state index contributed by atoms with van der Waals surface area (Å²) in [6.45, 7) is 10.2. The molecule has 0 aromatic carbocycles. The normalized spacial score (nSPS) is 21.9. The fraction of sp³-hybridized carbons (Fsp3) is 0.824. The minimum atomic E-state index is 0.553. The number of hydrogen-bond donors (Lipinski definition) is 1. The first kappa shape index (κ1) is 16.5. The lowest BCUT2D eigenvalue weighted by Crippen LogP contribution is -2.43. The summed E-state index contributed by atoms with van der Waals surface area (Å²) in [5.74, 6) is 0.768. The highest BCUT2D eigenvalue weighted by Crippen LogP contribution is 2.21. The van der Waals surface area contributed by atoms with Gasteiger partial charge >= 0.3 is 0 Å². The van der Waals surface area contributed by atoms with E-state index >= 15 is 0 Å². The van der Waals surface area contributed by atoms with E-state index < -0.39 is 0 Å². The quantitative estimate of drug-likeness (QED) is 0.838. The fourth-order valence-corrected chi connectivity index (χ4v) is 3.44. The topological polar surface area (TPSA) is 33.1 Å². The third-order valence-electron chi connectivity index (χ3n) is 5.07. The maximum absolute atomic E-state index is 4.80. The number of aromatic nitrogens is 2. The van der Waals surface area contributed by atoms with Gasteiger partial charge < -0.3 is 5.32 Å². The molecule has 1 fully saturated rings. The molecule has 1 N–H and O–H groups in total. The number of likely N-dealkylation sites (tertiary alicyclic amines) is 1. The van der Waals surface area contributed by atoms with Crippen LogP contribution in [0.1, 0.15) is 58.2 Å². The van der Waals surface area contributed by atoms with Crippen molar-refractivity contribution in [3.8, 4) is 0 Å². The summed E-state index contributed by atoms with van der Waals surface area (Å²) in [5, 5.41) is 8.20. The molecule has 0 bridgehead atoms. The van der Waals surface area contributed by atoms with Crippen LogP contribution < -0.4 is 5.32 Å². The van der Waals surface area contributed by atoms with Crippen LogP contribution in [-0.4, -0.2) is 40.9 Å². The molecule has 120 valence electrons. The lowest BCUT2D eigenvalue weighted by atomic mass is 9.91. The summed E-state index contributed by atoms with van der Waals surface area (Å²) in [4.78, 5) is 2.57. The van der Waals surface area contributed by atoms with Gasteiger partial charge in [-0.25, -0.2) is 0 Å². The van der Waals surface area contributed by atoms with Gasteiger partial charge in [-0.05, 0) is 58.2 Å². The molecule has 1 saturated heterocycles. The molecule has 4 heteroatoms. The van der Waals surface area contributed by atoms with Crippen molar-refractivity contribution >= 4 is 0 Å². The van der Waals surface area contributed by atoms with E-state index in [9.17, 15) is 0 Å². The molecule has 1 aliphatic rings. The molecule has 2 atom stereocenters. The van der Waals surface area contributed by atoms with Crippen molar-refractivity contribution in [2.45, 2.75) is 65.1 Å². The van der Waals surface area contributed by atoms with E-state index in [1.54, 1.807) is 0 Å². The van der Waals surface area contributed by atoms with Crippen LogP contribution in [0.4, 0.5) is 0 Å². The van der Waals surface area contributed by atoms with Crippen LogP contribution in [0.3, 0.4) is 0 Å². The van der Waals surface area contributed by atoms with E-state index in [1.165, 1.54) is 31.6 Å². The lowest BCUT2D eigenvalue weighted by molar-refractivity contribution is 0.145. The summed E-state index contributed by atoms with van der Waals surface area (Å²) in [5.41, 5.74) is 1.22. The maximum atomic E-state index is 4.80. The van der Waals surface area contributed by atoms with Crippen molar-refractivity contribution < 1.29 is 0 Å². The molecule has 2 rings (SSSR count).